The van der Waals surface area contributed by atoms with Crippen molar-refractivity contribution in [3.8, 4) is 34.4 Å². The van der Waals surface area contributed by atoms with E-state index in [0.717, 1.165) is 22.6 Å². The van der Waals surface area contributed by atoms with Gasteiger partial charge in [0, 0.05) is 22.5 Å². The van der Waals surface area contributed by atoms with Crippen LogP contribution in [0.2, 0.25) is 46.3 Å². The fourth-order valence-electron chi connectivity index (χ4n) is 8.02. The second-order valence-corrected chi connectivity index (χ2v) is 34.8. The molecule has 0 fully saturated rings. The van der Waals surface area contributed by atoms with Gasteiger partial charge >= 0.3 is 0 Å². The van der Waals surface area contributed by atoms with Gasteiger partial charge in [-0.1, -0.05) is 182 Å². The minimum atomic E-state index is -2.12. The van der Waals surface area contributed by atoms with Gasteiger partial charge in [0.25, 0.3) is 0 Å². The van der Waals surface area contributed by atoms with Crippen LogP contribution < -0.4 is 21.0 Å². The zero-order chi connectivity index (χ0) is 65.0. The number of phenols is 1. The molecule has 4 atom stereocenters. The summed E-state index contributed by atoms with van der Waals surface area (Å²) < 4.78 is 34.2. The number of rotatable bonds is 24. The molecule has 86 heavy (non-hydrogen) atoms. The number of hydrogen-bond donors (Lipinski definition) is 5. The topological polar surface area (TPSA) is 196 Å². The Bertz CT molecular complexity index is 2980. The average molecular weight is 1260 g/mol. The number of hydrogen-bond acceptors (Lipinski definition) is 13. The molecule has 0 aliphatic rings. The van der Waals surface area contributed by atoms with Crippen LogP contribution >= 0.6 is 23.2 Å². The molecule has 0 unspecified atom stereocenters. The van der Waals surface area contributed by atoms with Crippen molar-refractivity contribution in [3.63, 3.8) is 0 Å². The lowest BCUT2D eigenvalue weighted by atomic mass is 10.1. The van der Waals surface area contributed by atoms with Gasteiger partial charge in [0.15, 0.2) is 8.32 Å². The SMILES string of the molecule is CCCCCCCC.CCCCCCCC.NF.[C-]#[N+]c1ccc(N[C@@H](c2nnc(-c3ccc(O)cc3)o2)[C@@H](C)O)c(C)c1Cl.[C-]#[N+]c1ccc(N[C@@H](c2nnc(-c3ccc(O[Si](C)(C)C(C)(C)C)cc3)o2)[C@@H](C)O[Si](C)(C)C(C)(C)C)c(C)c1Cl. The van der Waals surface area contributed by atoms with E-state index in [1.807, 2.05) is 44.2 Å². The maximum Gasteiger partial charge on any atom is 0.250 e. The third-order valence-corrected chi connectivity index (χ3v) is 25.4. The average Bonchev–Trinajstić information content (AvgIpc) is 2.34. The van der Waals surface area contributed by atoms with Gasteiger partial charge in [0.2, 0.25) is 43.3 Å². The number of anilines is 2. The molecule has 0 bridgehead atoms. The largest absolute Gasteiger partial charge is 0.544 e. The van der Waals surface area contributed by atoms with Crippen molar-refractivity contribution in [2.75, 3.05) is 10.6 Å². The van der Waals surface area contributed by atoms with Gasteiger partial charge in [0.1, 0.15) is 23.6 Å². The lowest BCUT2D eigenvalue weighted by Gasteiger charge is -2.40. The number of nitrogens with one attached hydrogen (secondary N) is 2. The van der Waals surface area contributed by atoms with Crippen molar-refractivity contribution < 1.29 is 32.4 Å². The monoisotopic (exact) mass is 1260 g/mol. The van der Waals surface area contributed by atoms with Crippen molar-refractivity contribution in [1.29, 1.82) is 0 Å². The molecular formula is C66H100Cl2FN9O6Si2. The molecule has 474 valence electrons. The first-order valence-corrected chi connectivity index (χ1v) is 36.8. The second kappa shape index (κ2) is 37.1. The van der Waals surface area contributed by atoms with E-state index in [-0.39, 0.29) is 33.7 Å². The molecule has 4 aromatic carbocycles. The molecule has 0 aliphatic carbocycles. The molecule has 6 rings (SSSR count). The fourth-order valence-corrected chi connectivity index (χ4v) is 10.9. The Hall–Kier alpha value is -5.84. The maximum atomic E-state index is 10.2. The third kappa shape index (κ3) is 23.7. The van der Waals surface area contributed by atoms with Gasteiger partial charge in [-0.3, -0.25) is 0 Å². The van der Waals surface area contributed by atoms with Gasteiger partial charge in [-0.15, -0.1) is 24.9 Å². The zero-order valence-electron chi connectivity index (χ0n) is 54.6. The number of phenolic OH excluding ortho intramolecular Hbond substituents is 1. The summed E-state index contributed by atoms with van der Waals surface area (Å²) in [6.45, 7) is 53.1. The maximum absolute atomic E-state index is 10.2. The van der Waals surface area contributed by atoms with E-state index in [1.165, 1.54) is 89.2 Å². The van der Waals surface area contributed by atoms with E-state index in [2.05, 4.69) is 142 Å². The van der Waals surface area contributed by atoms with Crippen LogP contribution in [0, 0.1) is 27.0 Å². The Morgan fingerprint density at radius 1 is 0.581 bits per heavy atom. The van der Waals surface area contributed by atoms with Crippen LogP contribution in [-0.4, -0.2) is 59.5 Å². The first-order chi connectivity index (χ1) is 40.5. The van der Waals surface area contributed by atoms with Gasteiger partial charge in [-0.2, -0.15) is 5.96 Å². The fraction of sp³-hybridized carbons (Fsp3) is 0.545. The molecule has 20 heteroatoms. The Morgan fingerprint density at radius 3 is 1.29 bits per heavy atom. The molecule has 6 aromatic rings. The van der Waals surface area contributed by atoms with Crippen LogP contribution in [-0.2, 0) is 4.43 Å². The van der Waals surface area contributed by atoms with Crippen molar-refractivity contribution in [3.05, 3.63) is 129 Å². The zero-order valence-corrected chi connectivity index (χ0v) is 58.2. The molecule has 0 radical (unpaired) electrons. The van der Waals surface area contributed by atoms with Crippen LogP contribution in [0.1, 0.15) is 195 Å². The minimum Gasteiger partial charge on any atom is -0.544 e. The van der Waals surface area contributed by atoms with E-state index in [1.54, 1.807) is 44.2 Å². The lowest BCUT2D eigenvalue weighted by Crippen LogP contribution is -2.45. The molecule has 15 nitrogen and oxygen atoms in total. The highest BCUT2D eigenvalue weighted by Gasteiger charge is 2.42. The first-order valence-electron chi connectivity index (χ1n) is 30.2. The Morgan fingerprint density at radius 2 is 0.942 bits per heavy atom. The predicted molar refractivity (Wildman–Crippen MR) is 359 cm³/mol. The van der Waals surface area contributed by atoms with E-state index < -0.39 is 34.8 Å². The summed E-state index contributed by atoms with van der Waals surface area (Å²) in [5.74, 6) is 5.29. The number of benzene rings is 4. The van der Waals surface area contributed by atoms with E-state index in [0.29, 0.717) is 50.0 Å². The quantitative estimate of drug-likeness (QED) is 0.0166. The van der Waals surface area contributed by atoms with Crippen molar-refractivity contribution in [1.82, 2.24) is 20.4 Å². The van der Waals surface area contributed by atoms with Crippen LogP contribution in [0.15, 0.2) is 81.6 Å². The first kappa shape index (κ1) is 76.3. The molecule has 0 aliphatic heterocycles. The molecule has 0 spiro atoms. The second-order valence-electron chi connectivity index (χ2n) is 24.6. The molecule has 0 saturated carbocycles. The number of nitrogens with two attached hydrogens (primary N) is 1. The standard InChI is InChI=1S/C31H45ClN4O3Si2.C19H17ClN4O3.2C8H18.FH2N/c1-20-24(18-19-25(33-9)26(20)32)34-27(21(2)38-40(10,11)30(3,4)5)29-36-35-28(37-29)22-14-16-23(17-15-22)39-41(12,13)31(6,7)8;1-10-14(8-9-15(21-3)16(10)20)22-17(11(2)25)19-24-23-18(27-19)12-4-6-13(26)7-5-12;2*1-3-5-7-8-6-4-2;1-2/h14-19,21,27,34H,1-8,10-13H3;4-9,11,17,22,25-26H,1-2H3;2*3-8H2,1-2H3;2H2/t21-,27-;11-,17-;;;/m11.../s1. The number of aromatic nitrogens is 4. The lowest BCUT2D eigenvalue weighted by molar-refractivity contribution is 0.159. The molecule has 6 N–H and O–H groups in total. The van der Waals surface area contributed by atoms with Crippen LogP contribution in [0.25, 0.3) is 32.6 Å². The molecule has 2 heterocycles. The molecule has 0 amide bonds. The molecular weight excluding hydrogens is 1160 g/mol. The van der Waals surface area contributed by atoms with Crippen molar-refractivity contribution >= 4 is 62.6 Å². The predicted octanol–water partition coefficient (Wildman–Crippen LogP) is 21.2. The number of aromatic hydroxyl groups is 1. The highest BCUT2D eigenvalue weighted by atomic mass is 35.5. The minimum absolute atomic E-state index is 0.0244. The van der Waals surface area contributed by atoms with Crippen LogP contribution in [0.3, 0.4) is 0 Å². The summed E-state index contributed by atoms with van der Waals surface area (Å²) in [6.07, 6.45) is 15.9. The number of aliphatic hydroxyl groups excluding tert-OH is 1. The Kier molecular flexibility index (Phi) is 32.9. The summed E-state index contributed by atoms with van der Waals surface area (Å²) in [5, 5.41) is 44.1. The van der Waals surface area contributed by atoms with Gasteiger partial charge in [-0.25, -0.2) is 9.69 Å². The van der Waals surface area contributed by atoms with Crippen LogP contribution in [0.4, 0.5) is 27.2 Å². The summed E-state index contributed by atoms with van der Waals surface area (Å²) >= 11 is 12.7. The third-order valence-electron chi connectivity index (χ3n) is 15.6. The van der Waals surface area contributed by atoms with Crippen LogP contribution in [0.5, 0.6) is 11.5 Å². The van der Waals surface area contributed by atoms with E-state index >= 15 is 0 Å². The van der Waals surface area contributed by atoms with E-state index in [4.69, 9.17) is 58.5 Å². The smallest absolute Gasteiger partial charge is 0.250 e. The Labute approximate surface area is 526 Å². The molecule has 0 saturated heterocycles. The van der Waals surface area contributed by atoms with Gasteiger partial charge < -0.3 is 38.5 Å². The summed E-state index contributed by atoms with van der Waals surface area (Å²) in [7, 11) is -4.07. The van der Waals surface area contributed by atoms with Crippen molar-refractivity contribution in [2.24, 2.45) is 5.96 Å². The number of aliphatic hydroxyl groups is 1. The number of halogens is 3. The Balaban J connectivity index is 0.000000475. The summed E-state index contributed by atoms with van der Waals surface area (Å²) in [4.78, 5) is 6.89. The highest BCUT2D eigenvalue weighted by Crippen LogP contribution is 2.42. The summed E-state index contributed by atoms with van der Waals surface area (Å²) in [6, 6.07) is 20.0. The number of unbranched alkanes of at least 4 members (excludes halogenated alkanes) is 10. The number of nitrogens with zero attached hydrogens (tertiary/aromatic N) is 6. The van der Waals surface area contributed by atoms with Gasteiger partial charge in [0.05, 0.1) is 35.4 Å². The van der Waals surface area contributed by atoms with Gasteiger partial charge in [-0.05, 0) is 136 Å². The van der Waals surface area contributed by atoms with E-state index in [9.17, 15) is 10.2 Å². The highest BCUT2D eigenvalue weighted by molar-refractivity contribution is 6.75. The molecule has 2 aromatic heterocycles. The summed E-state index contributed by atoms with van der Waals surface area (Å²) in [5.41, 5.74) is 5.14. The normalized spacial score (nSPS) is 12.8. The van der Waals surface area contributed by atoms with Crippen molar-refractivity contribution in [2.45, 2.75) is 235 Å².